The van der Waals surface area contributed by atoms with Crippen LogP contribution in [0.1, 0.15) is 51.4 Å². The molecule has 2 fully saturated rings. The molecule has 1 saturated carbocycles. The van der Waals surface area contributed by atoms with Crippen molar-refractivity contribution in [3.8, 4) is 0 Å². The van der Waals surface area contributed by atoms with Gasteiger partial charge >= 0.3 is 0 Å². The summed E-state index contributed by atoms with van der Waals surface area (Å²) < 4.78 is 5.57. The van der Waals surface area contributed by atoms with E-state index in [0.717, 1.165) is 38.7 Å². The molecule has 0 amide bonds. The molecule has 0 aromatic heterocycles. The zero-order valence-corrected chi connectivity index (χ0v) is 8.84. The van der Waals surface area contributed by atoms with Crippen LogP contribution < -0.4 is 0 Å². The molecule has 0 bridgehead atoms. The fourth-order valence-electron chi connectivity index (χ4n) is 2.62. The summed E-state index contributed by atoms with van der Waals surface area (Å²) in [4.78, 5) is 11.6. The summed E-state index contributed by atoms with van der Waals surface area (Å²) in [7, 11) is 0. The number of carbonyl (C=O) groups is 1. The van der Waals surface area contributed by atoms with E-state index >= 15 is 0 Å². The van der Waals surface area contributed by atoms with Crippen LogP contribution in [0.5, 0.6) is 0 Å². The predicted molar refractivity (Wildman–Crippen MR) is 55.2 cm³/mol. The summed E-state index contributed by atoms with van der Waals surface area (Å²) in [5.41, 5.74) is 0. The van der Waals surface area contributed by atoms with Gasteiger partial charge in [-0.2, -0.15) is 0 Å². The third-order valence-corrected chi connectivity index (χ3v) is 3.54. The van der Waals surface area contributed by atoms with Gasteiger partial charge in [0.05, 0.1) is 6.10 Å². The van der Waals surface area contributed by atoms with Crippen LogP contribution in [0.2, 0.25) is 0 Å². The second-order valence-electron chi connectivity index (χ2n) is 4.62. The first kappa shape index (κ1) is 10.2. The molecule has 2 heteroatoms. The lowest BCUT2D eigenvalue weighted by Gasteiger charge is -2.21. The second-order valence-corrected chi connectivity index (χ2v) is 4.62. The molecule has 14 heavy (non-hydrogen) atoms. The number of hydrogen-bond acceptors (Lipinski definition) is 2. The Kier molecular flexibility index (Phi) is 3.57. The molecule has 2 nitrogen and oxygen atoms in total. The maximum Gasteiger partial charge on any atom is 0.135 e. The summed E-state index contributed by atoms with van der Waals surface area (Å²) in [5, 5.41) is 0. The molecule has 1 aliphatic carbocycles. The molecule has 1 saturated heterocycles. The first-order valence-corrected chi connectivity index (χ1v) is 6.00. The van der Waals surface area contributed by atoms with Gasteiger partial charge in [0.15, 0.2) is 0 Å². The highest BCUT2D eigenvalue weighted by atomic mass is 16.5. The van der Waals surface area contributed by atoms with Crippen LogP contribution in [0.4, 0.5) is 0 Å². The molecule has 1 aliphatic heterocycles. The van der Waals surface area contributed by atoms with E-state index in [0.29, 0.717) is 17.8 Å². The molecule has 0 N–H and O–H groups in total. The van der Waals surface area contributed by atoms with E-state index in [-0.39, 0.29) is 0 Å². The number of carbonyl (C=O) groups excluding carboxylic acids is 1. The smallest absolute Gasteiger partial charge is 0.135 e. The molecule has 0 aromatic carbocycles. The lowest BCUT2D eigenvalue weighted by atomic mass is 9.84. The molecule has 80 valence electrons. The average molecular weight is 196 g/mol. The molecule has 0 spiro atoms. The van der Waals surface area contributed by atoms with E-state index in [1.165, 1.54) is 19.3 Å². The van der Waals surface area contributed by atoms with Gasteiger partial charge in [0.1, 0.15) is 5.78 Å². The summed E-state index contributed by atoms with van der Waals surface area (Å²) in [6.07, 6.45) is 9.40. The van der Waals surface area contributed by atoms with Crippen LogP contribution in [0.3, 0.4) is 0 Å². The maximum atomic E-state index is 11.6. The van der Waals surface area contributed by atoms with Crippen molar-refractivity contribution in [1.82, 2.24) is 0 Å². The van der Waals surface area contributed by atoms with Gasteiger partial charge in [-0.3, -0.25) is 4.79 Å². The summed E-state index contributed by atoms with van der Waals surface area (Å²) in [5.74, 6) is 0.877. The van der Waals surface area contributed by atoms with Crippen molar-refractivity contribution in [3.05, 3.63) is 0 Å². The first-order chi connectivity index (χ1) is 6.86. The molecule has 2 atom stereocenters. The molecule has 0 aromatic rings. The van der Waals surface area contributed by atoms with Crippen LogP contribution in [0, 0.1) is 5.92 Å². The Balaban J connectivity index is 1.70. The van der Waals surface area contributed by atoms with Crippen LogP contribution in [-0.2, 0) is 9.53 Å². The molecule has 0 radical (unpaired) electrons. The third kappa shape index (κ3) is 2.57. The van der Waals surface area contributed by atoms with Gasteiger partial charge in [-0.05, 0) is 38.5 Å². The highest BCUT2D eigenvalue weighted by molar-refractivity contribution is 5.81. The van der Waals surface area contributed by atoms with Crippen molar-refractivity contribution < 1.29 is 9.53 Å². The molecule has 2 aliphatic rings. The number of ether oxygens (including phenoxy) is 1. The van der Waals surface area contributed by atoms with E-state index in [9.17, 15) is 4.79 Å². The number of Topliss-reactive ketones (excluding diaryl/α,β-unsaturated/α-hetero) is 1. The Morgan fingerprint density at radius 3 is 2.79 bits per heavy atom. The monoisotopic (exact) mass is 196 g/mol. The van der Waals surface area contributed by atoms with Crippen molar-refractivity contribution in [2.24, 2.45) is 5.92 Å². The quantitative estimate of drug-likeness (QED) is 0.693. The van der Waals surface area contributed by atoms with E-state index in [4.69, 9.17) is 4.74 Å². The van der Waals surface area contributed by atoms with Crippen molar-refractivity contribution in [2.45, 2.75) is 57.5 Å². The number of ketones is 1. The Labute approximate surface area is 86.0 Å². The molecule has 1 heterocycles. The fourth-order valence-corrected chi connectivity index (χ4v) is 2.62. The number of hydrogen-bond donors (Lipinski definition) is 0. The van der Waals surface area contributed by atoms with E-state index < -0.39 is 0 Å². The standard InChI is InChI=1S/C12H20O2/c13-12-6-2-1-4-10(12)7-8-11-5-3-9-14-11/h10-11H,1-9H2. The third-order valence-electron chi connectivity index (χ3n) is 3.54. The lowest BCUT2D eigenvalue weighted by molar-refractivity contribution is -0.124. The average Bonchev–Trinajstić information content (AvgIpc) is 2.69. The maximum absolute atomic E-state index is 11.6. The van der Waals surface area contributed by atoms with E-state index in [1.54, 1.807) is 0 Å². The Bertz CT molecular complexity index is 194. The van der Waals surface area contributed by atoms with Crippen molar-refractivity contribution in [2.75, 3.05) is 6.61 Å². The first-order valence-electron chi connectivity index (χ1n) is 6.00. The molecular weight excluding hydrogens is 176 g/mol. The number of rotatable bonds is 3. The highest BCUT2D eigenvalue weighted by Crippen LogP contribution is 2.27. The Hall–Kier alpha value is -0.370. The lowest BCUT2D eigenvalue weighted by Crippen LogP contribution is -2.20. The van der Waals surface area contributed by atoms with Crippen LogP contribution in [-0.4, -0.2) is 18.5 Å². The summed E-state index contributed by atoms with van der Waals surface area (Å²) >= 11 is 0. The molecule has 2 unspecified atom stereocenters. The minimum atomic E-state index is 0.368. The fraction of sp³-hybridized carbons (Fsp3) is 0.917. The zero-order valence-electron chi connectivity index (χ0n) is 8.84. The van der Waals surface area contributed by atoms with Gasteiger partial charge in [0, 0.05) is 18.9 Å². The van der Waals surface area contributed by atoms with Gasteiger partial charge in [-0.15, -0.1) is 0 Å². The van der Waals surface area contributed by atoms with Crippen molar-refractivity contribution in [3.63, 3.8) is 0 Å². The topological polar surface area (TPSA) is 26.3 Å². The van der Waals surface area contributed by atoms with Gasteiger partial charge in [0.2, 0.25) is 0 Å². The predicted octanol–water partition coefficient (Wildman–Crippen LogP) is 2.70. The van der Waals surface area contributed by atoms with Crippen molar-refractivity contribution >= 4 is 5.78 Å². The van der Waals surface area contributed by atoms with Gasteiger partial charge < -0.3 is 4.74 Å². The van der Waals surface area contributed by atoms with E-state index in [1.807, 2.05) is 0 Å². The van der Waals surface area contributed by atoms with Gasteiger partial charge in [-0.1, -0.05) is 6.42 Å². The van der Waals surface area contributed by atoms with Crippen molar-refractivity contribution in [1.29, 1.82) is 0 Å². The van der Waals surface area contributed by atoms with E-state index in [2.05, 4.69) is 0 Å². The summed E-state index contributed by atoms with van der Waals surface area (Å²) in [6, 6.07) is 0. The van der Waals surface area contributed by atoms with Crippen LogP contribution >= 0.6 is 0 Å². The SMILES string of the molecule is O=C1CCCCC1CCC1CCCO1. The zero-order chi connectivity index (χ0) is 9.80. The largest absolute Gasteiger partial charge is 0.378 e. The van der Waals surface area contributed by atoms with Crippen LogP contribution in [0.25, 0.3) is 0 Å². The molecular formula is C12H20O2. The normalized spacial score (nSPS) is 33.6. The van der Waals surface area contributed by atoms with Gasteiger partial charge in [0.25, 0.3) is 0 Å². The highest BCUT2D eigenvalue weighted by Gasteiger charge is 2.24. The summed E-state index contributed by atoms with van der Waals surface area (Å²) in [6.45, 7) is 0.934. The Morgan fingerprint density at radius 1 is 1.14 bits per heavy atom. The van der Waals surface area contributed by atoms with Crippen LogP contribution in [0.15, 0.2) is 0 Å². The minimum Gasteiger partial charge on any atom is -0.378 e. The van der Waals surface area contributed by atoms with Gasteiger partial charge in [-0.25, -0.2) is 0 Å². The molecule has 2 rings (SSSR count). The second kappa shape index (κ2) is 4.92. The Morgan fingerprint density at radius 2 is 2.07 bits per heavy atom. The minimum absolute atomic E-state index is 0.368.